The molecule has 0 aliphatic heterocycles. The predicted molar refractivity (Wildman–Crippen MR) is 66.0 cm³/mol. The number of aliphatic hydroxyl groups is 1. The van der Waals surface area contributed by atoms with E-state index in [0.717, 1.165) is 42.6 Å². The zero-order valence-corrected chi connectivity index (χ0v) is 10.5. The Kier molecular flexibility index (Phi) is 2.64. The normalized spacial score (nSPS) is 24.2. The molecule has 0 saturated heterocycles. The molecule has 1 unspecified atom stereocenters. The number of aliphatic hydroxyl groups excluding tert-OH is 1. The summed E-state index contributed by atoms with van der Waals surface area (Å²) in [5, 5.41) is 11.0. The minimum absolute atomic E-state index is 0.317. The van der Waals surface area contributed by atoms with Crippen molar-refractivity contribution in [2.75, 3.05) is 18.5 Å². The molecule has 3 nitrogen and oxygen atoms in total. The van der Waals surface area contributed by atoms with Gasteiger partial charge in [-0.2, -0.15) is 0 Å². The molecule has 4 heteroatoms. The number of nitrogens with zero attached hydrogens (tertiary/aromatic N) is 2. The van der Waals surface area contributed by atoms with E-state index >= 15 is 0 Å². The summed E-state index contributed by atoms with van der Waals surface area (Å²) in [5.74, 6) is 0.885. The number of fused-ring (bicyclic) bond motifs is 1. The maximum absolute atomic E-state index is 9.88. The van der Waals surface area contributed by atoms with E-state index < -0.39 is 0 Å². The zero-order chi connectivity index (χ0) is 11.1. The van der Waals surface area contributed by atoms with Crippen LogP contribution in [-0.2, 0) is 6.42 Å². The number of anilines is 1. The van der Waals surface area contributed by atoms with Crippen molar-refractivity contribution in [2.24, 2.45) is 5.92 Å². The molecule has 0 amide bonds. The van der Waals surface area contributed by atoms with Gasteiger partial charge >= 0.3 is 0 Å². The van der Waals surface area contributed by atoms with E-state index in [2.05, 4.69) is 16.9 Å². The first-order chi connectivity index (χ1) is 7.74. The smallest absolute Gasteiger partial charge is 0.185 e. The Balaban J connectivity index is 1.79. The van der Waals surface area contributed by atoms with E-state index in [1.165, 1.54) is 17.7 Å². The van der Waals surface area contributed by atoms with Gasteiger partial charge in [-0.3, -0.25) is 0 Å². The molecule has 1 aromatic rings. The lowest BCUT2D eigenvalue weighted by Crippen LogP contribution is -2.19. The number of hydrogen-bond acceptors (Lipinski definition) is 4. The highest BCUT2D eigenvalue weighted by molar-refractivity contribution is 7.15. The molecule has 0 bridgehead atoms. The molecule has 0 radical (unpaired) electrons. The Morgan fingerprint density at radius 3 is 2.94 bits per heavy atom. The van der Waals surface area contributed by atoms with Crippen LogP contribution in [0, 0.1) is 5.92 Å². The number of rotatable bonds is 3. The third-order valence-electron chi connectivity index (χ3n) is 3.47. The van der Waals surface area contributed by atoms with Crippen LogP contribution in [0.2, 0.25) is 0 Å². The van der Waals surface area contributed by atoms with Crippen LogP contribution in [0.25, 0.3) is 0 Å². The molecule has 0 aromatic carbocycles. The predicted octanol–water partition coefficient (Wildman–Crippen LogP) is 2.36. The lowest BCUT2D eigenvalue weighted by atomic mass is 10.0. The molecule has 0 spiro atoms. The molecule has 16 heavy (non-hydrogen) atoms. The van der Waals surface area contributed by atoms with Gasteiger partial charge in [0.1, 0.15) is 0 Å². The summed E-state index contributed by atoms with van der Waals surface area (Å²) in [6.45, 7) is 1.13. The maximum Gasteiger partial charge on any atom is 0.185 e. The Morgan fingerprint density at radius 1 is 1.44 bits per heavy atom. The molecule has 88 valence electrons. The van der Waals surface area contributed by atoms with Crippen molar-refractivity contribution in [2.45, 2.75) is 38.2 Å². The molecule has 1 heterocycles. The summed E-state index contributed by atoms with van der Waals surface area (Å²) in [6.07, 6.45) is 5.50. The third-order valence-corrected chi connectivity index (χ3v) is 4.71. The average molecular weight is 238 g/mol. The van der Waals surface area contributed by atoms with E-state index in [1.807, 2.05) is 0 Å². The fourth-order valence-electron chi connectivity index (χ4n) is 2.31. The second-order valence-corrected chi connectivity index (χ2v) is 6.10. The Hall–Kier alpha value is -0.610. The SMILES string of the molecule is CN(CC1CC1)c1nc2c(s1)CCCC2O. The monoisotopic (exact) mass is 238 g/mol. The van der Waals surface area contributed by atoms with E-state index in [-0.39, 0.29) is 6.10 Å². The number of thiazole rings is 1. The van der Waals surface area contributed by atoms with Crippen LogP contribution in [0.1, 0.15) is 42.4 Å². The summed E-state index contributed by atoms with van der Waals surface area (Å²) in [4.78, 5) is 8.17. The van der Waals surface area contributed by atoms with Crippen LogP contribution in [0.5, 0.6) is 0 Å². The van der Waals surface area contributed by atoms with Gasteiger partial charge in [0.05, 0.1) is 11.8 Å². The van der Waals surface area contributed by atoms with Gasteiger partial charge in [-0.25, -0.2) is 4.98 Å². The number of aryl methyl sites for hydroxylation is 1. The molecule has 1 fully saturated rings. The molecular weight excluding hydrogens is 220 g/mol. The van der Waals surface area contributed by atoms with Gasteiger partial charge in [0.25, 0.3) is 0 Å². The standard InChI is InChI=1S/C12H18N2OS/c1-14(7-8-5-6-8)12-13-11-9(15)3-2-4-10(11)16-12/h8-9,15H,2-7H2,1H3. The van der Waals surface area contributed by atoms with E-state index in [0.29, 0.717) is 0 Å². The number of hydrogen-bond donors (Lipinski definition) is 1. The third kappa shape index (κ3) is 1.96. The fraction of sp³-hybridized carbons (Fsp3) is 0.750. The van der Waals surface area contributed by atoms with Crippen LogP contribution in [0.3, 0.4) is 0 Å². The second-order valence-electron chi connectivity index (χ2n) is 5.04. The first-order valence-electron chi connectivity index (χ1n) is 6.13. The van der Waals surface area contributed by atoms with Crippen LogP contribution in [-0.4, -0.2) is 23.7 Å². The van der Waals surface area contributed by atoms with Crippen molar-refractivity contribution >= 4 is 16.5 Å². The maximum atomic E-state index is 9.88. The van der Waals surface area contributed by atoms with Gasteiger partial charge in [0.2, 0.25) is 0 Å². The lowest BCUT2D eigenvalue weighted by molar-refractivity contribution is 0.153. The van der Waals surface area contributed by atoms with Gasteiger partial charge in [-0.1, -0.05) is 0 Å². The topological polar surface area (TPSA) is 36.4 Å². The van der Waals surface area contributed by atoms with Crippen LogP contribution in [0.15, 0.2) is 0 Å². The van der Waals surface area contributed by atoms with Gasteiger partial charge in [-0.05, 0) is 38.0 Å². The molecule has 1 N–H and O–H groups in total. The molecule has 3 rings (SSSR count). The Bertz CT molecular complexity index is 386. The summed E-state index contributed by atoms with van der Waals surface area (Å²) in [5.41, 5.74) is 0.953. The Morgan fingerprint density at radius 2 is 2.25 bits per heavy atom. The minimum atomic E-state index is -0.317. The largest absolute Gasteiger partial charge is 0.387 e. The van der Waals surface area contributed by atoms with Crippen molar-refractivity contribution in [1.82, 2.24) is 4.98 Å². The highest BCUT2D eigenvalue weighted by Gasteiger charge is 2.27. The molecule has 1 aromatic heterocycles. The van der Waals surface area contributed by atoms with E-state index in [4.69, 9.17) is 0 Å². The van der Waals surface area contributed by atoms with Crippen LogP contribution >= 0.6 is 11.3 Å². The first-order valence-corrected chi connectivity index (χ1v) is 6.94. The minimum Gasteiger partial charge on any atom is -0.387 e. The average Bonchev–Trinajstić information content (AvgIpc) is 2.95. The molecule has 2 aliphatic rings. The van der Waals surface area contributed by atoms with Gasteiger partial charge < -0.3 is 10.0 Å². The second kappa shape index (κ2) is 4.00. The fourth-order valence-corrected chi connectivity index (χ4v) is 3.44. The van der Waals surface area contributed by atoms with Gasteiger partial charge in [0, 0.05) is 18.5 Å². The van der Waals surface area contributed by atoms with Crippen molar-refractivity contribution in [3.05, 3.63) is 10.6 Å². The quantitative estimate of drug-likeness (QED) is 0.878. The molecule has 2 aliphatic carbocycles. The molecule has 1 atom stereocenters. The van der Waals surface area contributed by atoms with Crippen molar-refractivity contribution in [3.63, 3.8) is 0 Å². The Labute approximate surface area is 100 Å². The van der Waals surface area contributed by atoms with Crippen molar-refractivity contribution in [1.29, 1.82) is 0 Å². The summed E-state index contributed by atoms with van der Waals surface area (Å²) >= 11 is 1.77. The molecule has 1 saturated carbocycles. The zero-order valence-electron chi connectivity index (χ0n) is 9.65. The summed E-state index contributed by atoms with van der Waals surface area (Å²) in [7, 11) is 2.12. The first kappa shape index (κ1) is 10.5. The lowest BCUT2D eigenvalue weighted by Gasteiger charge is -2.15. The van der Waals surface area contributed by atoms with Gasteiger partial charge in [0.15, 0.2) is 5.13 Å². The number of aromatic nitrogens is 1. The van der Waals surface area contributed by atoms with E-state index in [1.54, 1.807) is 11.3 Å². The van der Waals surface area contributed by atoms with Crippen LogP contribution < -0.4 is 4.90 Å². The van der Waals surface area contributed by atoms with Crippen LogP contribution in [0.4, 0.5) is 5.13 Å². The van der Waals surface area contributed by atoms with Crippen molar-refractivity contribution < 1.29 is 5.11 Å². The molecular formula is C12H18N2OS. The highest BCUT2D eigenvalue weighted by Crippen LogP contribution is 2.37. The van der Waals surface area contributed by atoms with Crippen molar-refractivity contribution in [3.8, 4) is 0 Å². The van der Waals surface area contributed by atoms with E-state index in [9.17, 15) is 5.11 Å². The summed E-state index contributed by atoms with van der Waals surface area (Å²) < 4.78 is 0. The van der Waals surface area contributed by atoms with Gasteiger partial charge in [-0.15, -0.1) is 11.3 Å². The summed E-state index contributed by atoms with van der Waals surface area (Å²) in [6, 6.07) is 0. The highest BCUT2D eigenvalue weighted by atomic mass is 32.1.